The van der Waals surface area contributed by atoms with Gasteiger partial charge in [0, 0.05) is 13.5 Å². The Morgan fingerprint density at radius 3 is 2.56 bits per heavy atom. The van der Waals surface area contributed by atoms with Crippen molar-refractivity contribution < 1.29 is 9.53 Å². The fourth-order valence-corrected chi connectivity index (χ4v) is 8.30. The number of hydrogen-bond acceptors (Lipinski definition) is 2. The van der Waals surface area contributed by atoms with Gasteiger partial charge in [0.25, 0.3) is 0 Å². The molecule has 180 valence electrons. The Kier molecular flexibility index (Phi) is 6.86. The molecule has 0 aromatic heterocycles. The highest BCUT2D eigenvalue weighted by molar-refractivity contribution is 5.67. The van der Waals surface area contributed by atoms with Crippen molar-refractivity contribution in [1.82, 2.24) is 5.32 Å². The predicted octanol–water partition coefficient (Wildman–Crippen LogP) is 7.67. The topological polar surface area (TPSA) is 38.3 Å². The van der Waals surface area contributed by atoms with Crippen molar-refractivity contribution in [3.63, 3.8) is 0 Å². The monoisotopic (exact) mass is 441 g/mol. The van der Waals surface area contributed by atoms with Crippen LogP contribution in [0.3, 0.4) is 0 Å². The van der Waals surface area contributed by atoms with E-state index in [0.29, 0.717) is 11.3 Å². The lowest BCUT2D eigenvalue weighted by Crippen LogP contribution is -2.47. The third kappa shape index (κ3) is 4.18. The third-order valence-electron chi connectivity index (χ3n) is 10.2. The summed E-state index contributed by atoms with van der Waals surface area (Å²) in [5.74, 6) is 4.03. The van der Waals surface area contributed by atoms with Crippen LogP contribution in [0.15, 0.2) is 23.3 Å². The Labute approximate surface area is 196 Å². The van der Waals surface area contributed by atoms with Crippen molar-refractivity contribution in [2.45, 2.75) is 105 Å². The first-order valence-electron chi connectivity index (χ1n) is 13.5. The van der Waals surface area contributed by atoms with Gasteiger partial charge in [0.05, 0.1) is 0 Å². The van der Waals surface area contributed by atoms with Crippen LogP contribution in [-0.4, -0.2) is 19.2 Å². The van der Waals surface area contributed by atoms with Gasteiger partial charge in [-0.25, -0.2) is 4.79 Å². The van der Waals surface area contributed by atoms with E-state index in [1.807, 2.05) is 0 Å². The smallest absolute Gasteiger partial charge is 0.407 e. The van der Waals surface area contributed by atoms with E-state index in [1.54, 1.807) is 12.6 Å². The van der Waals surface area contributed by atoms with Crippen LogP contribution >= 0.6 is 0 Å². The second-order valence-corrected chi connectivity index (χ2v) is 12.4. The SMILES string of the molecule is CNC(=O)OC1CCC2(C)C(=CC=C3C2CCC2(C)C3CCC2C(C)CCCC(C)C)C1. The van der Waals surface area contributed by atoms with E-state index in [4.69, 9.17) is 4.74 Å². The van der Waals surface area contributed by atoms with E-state index in [1.165, 1.54) is 50.5 Å². The quantitative estimate of drug-likeness (QED) is 0.459. The van der Waals surface area contributed by atoms with Crippen molar-refractivity contribution in [3.8, 4) is 0 Å². The Bertz CT molecular complexity index is 767. The number of hydrogen-bond donors (Lipinski definition) is 1. The van der Waals surface area contributed by atoms with Crippen LogP contribution in [0.25, 0.3) is 0 Å². The van der Waals surface area contributed by atoms with Crippen LogP contribution in [0.4, 0.5) is 4.79 Å². The average molecular weight is 442 g/mol. The molecular formula is C29H47NO2. The number of nitrogens with one attached hydrogen (secondary N) is 1. The molecule has 4 aliphatic carbocycles. The fraction of sp³-hybridized carbons (Fsp3) is 0.828. The van der Waals surface area contributed by atoms with Crippen molar-refractivity contribution in [3.05, 3.63) is 23.3 Å². The molecule has 7 unspecified atom stereocenters. The van der Waals surface area contributed by atoms with Gasteiger partial charge in [0.15, 0.2) is 0 Å². The molecule has 32 heavy (non-hydrogen) atoms. The summed E-state index contributed by atoms with van der Waals surface area (Å²) in [4.78, 5) is 11.7. The lowest BCUT2D eigenvalue weighted by Gasteiger charge is -2.55. The molecule has 3 nitrogen and oxygen atoms in total. The molecule has 0 saturated heterocycles. The van der Waals surface area contributed by atoms with Crippen LogP contribution < -0.4 is 5.32 Å². The number of allylic oxidation sites excluding steroid dienone is 3. The number of rotatable bonds is 6. The molecule has 1 amide bonds. The molecule has 0 aromatic carbocycles. The second-order valence-electron chi connectivity index (χ2n) is 12.4. The second kappa shape index (κ2) is 9.18. The zero-order chi connectivity index (χ0) is 23.1. The van der Waals surface area contributed by atoms with Gasteiger partial charge in [0.1, 0.15) is 6.10 Å². The average Bonchev–Trinajstić information content (AvgIpc) is 3.11. The largest absolute Gasteiger partial charge is 0.446 e. The Morgan fingerprint density at radius 1 is 1.06 bits per heavy atom. The summed E-state index contributed by atoms with van der Waals surface area (Å²) in [5, 5.41) is 2.61. The Balaban J connectivity index is 1.49. The summed E-state index contributed by atoms with van der Waals surface area (Å²) in [6.07, 6.45) is 17.4. The highest BCUT2D eigenvalue weighted by Crippen LogP contribution is 2.66. The molecule has 0 aromatic rings. The molecule has 4 rings (SSSR count). The van der Waals surface area contributed by atoms with Gasteiger partial charge in [-0.2, -0.15) is 0 Å². The first kappa shape index (κ1) is 23.9. The van der Waals surface area contributed by atoms with Crippen molar-refractivity contribution in [1.29, 1.82) is 0 Å². The lowest BCUT2D eigenvalue weighted by molar-refractivity contribution is 0.0255. The molecule has 0 spiro atoms. The summed E-state index contributed by atoms with van der Waals surface area (Å²) >= 11 is 0. The van der Waals surface area contributed by atoms with Gasteiger partial charge in [-0.3, -0.25) is 0 Å². The first-order valence-corrected chi connectivity index (χ1v) is 13.5. The van der Waals surface area contributed by atoms with Crippen LogP contribution in [0, 0.1) is 40.4 Å². The van der Waals surface area contributed by atoms with Gasteiger partial charge < -0.3 is 10.1 Å². The van der Waals surface area contributed by atoms with E-state index >= 15 is 0 Å². The molecule has 4 aliphatic rings. The number of alkyl carbamates (subject to hydrolysis) is 1. The van der Waals surface area contributed by atoms with Crippen molar-refractivity contribution in [2.75, 3.05) is 7.05 Å². The highest BCUT2D eigenvalue weighted by Gasteiger charge is 2.57. The molecule has 3 heteroatoms. The third-order valence-corrected chi connectivity index (χ3v) is 10.2. The molecule has 0 heterocycles. The van der Waals surface area contributed by atoms with Gasteiger partial charge in [-0.15, -0.1) is 0 Å². The minimum absolute atomic E-state index is 0.0284. The summed E-state index contributed by atoms with van der Waals surface area (Å²) in [5.41, 5.74) is 4.04. The zero-order valence-corrected chi connectivity index (χ0v) is 21.5. The molecule has 3 fully saturated rings. The van der Waals surface area contributed by atoms with Crippen molar-refractivity contribution >= 4 is 6.09 Å². The fourth-order valence-electron chi connectivity index (χ4n) is 8.30. The summed E-state index contributed by atoms with van der Waals surface area (Å²) in [6.45, 7) is 12.4. The van der Waals surface area contributed by atoms with E-state index in [9.17, 15) is 4.79 Å². The zero-order valence-electron chi connectivity index (χ0n) is 21.5. The summed E-state index contributed by atoms with van der Waals surface area (Å²) in [7, 11) is 1.64. The van der Waals surface area contributed by atoms with Crippen LogP contribution in [0.2, 0.25) is 0 Å². The lowest BCUT2D eigenvalue weighted by atomic mass is 9.50. The number of ether oxygens (including phenoxy) is 1. The predicted molar refractivity (Wildman–Crippen MR) is 132 cm³/mol. The molecule has 1 N–H and O–H groups in total. The Hall–Kier alpha value is -1.25. The number of amides is 1. The number of carbonyl (C=O) groups excluding carboxylic acids is 1. The molecule has 0 bridgehead atoms. The first-order chi connectivity index (χ1) is 15.2. The highest BCUT2D eigenvalue weighted by atomic mass is 16.6. The minimum atomic E-state index is -0.292. The standard InChI is InChI=1S/C29H47NO2/c1-19(2)8-7-9-20(3)24-12-13-25-23-11-10-21-18-22(32-27(31)30-6)14-16-28(21,4)26(23)15-17-29(24,25)5/h10-11,19-20,22,24-26H,7-9,12-18H2,1-6H3,(H,30,31). The minimum Gasteiger partial charge on any atom is -0.446 e. The van der Waals surface area contributed by atoms with Crippen LogP contribution in [0.5, 0.6) is 0 Å². The van der Waals surface area contributed by atoms with E-state index < -0.39 is 0 Å². The maximum absolute atomic E-state index is 11.7. The summed E-state index contributed by atoms with van der Waals surface area (Å²) in [6, 6.07) is 0. The number of fused-ring (bicyclic) bond motifs is 5. The molecule has 0 radical (unpaired) electrons. The maximum Gasteiger partial charge on any atom is 0.407 e. The van der Waals surface area contributed by atoms with Crippen LogP contribution in [0.1, 0.15) is 98.8 Å². The molecule has 7 atom stereocenters. The van der Waals surface area contributed by atoms with Gasteiger partial charge in [0.2, 0.25) is 0 Å². The van der Waals surface area contributed by atoms with Gasteiger partial charge >= 0.3 is 6.09 Å². The Morgan fingerprint density at radius 2 is 1.84 bits per heavy atom. The summed E-state index contributed by atoms with van der Waals surface area (Å²) < 4.78 is 5.63. The van der Waals surface area contributed by atoms with Crippen molar-refractivity contribution in [2.24, 2.45) is 40.4 Å². The molecule has 0 aliphatic heterocycles. The normalized spacial score (nSPS) is 39.3. The molecular weight excluding hydrogens is 394 g/mol. The van der Waals surface area contributed by atoms with Crippen LogP contribution in [-0.2, 0) is 4.74 Å². The van der Waals surface area contributed by atoms with E-state index in [-0.39, 0.29) is 17.6 Å². The van der Waals surface area contributed by atoms with Gasteiger partial charge in [-0.1, -0.05) is 77.2 Å². The van der Waals surface area contributed by atoms with Gasteiger partial charge in [-0.05, 0) is 78.9 Å². The van der Waals surface area contributed by atoms with E-state index in [2.05, 4.69) is 52.1 Å². The van der Waals surface area contributed by atoms with E-state index in [0.717, 1.165) is 42.9 Å². The number of carbonyl (C=O) groups is 1. The molecule has 3 saturated carbocycles. The maximum atomic E-state index is 11.7.